The number of carbonyl (C=O) groups is 1. The van der Waals surface area contributed by atoms with Gasteiger partial charge >= 0.3 is 0 Å². The van der Waals surface area contributed by atoms with Gasteiger partial charge in [0.05, 0.1) is 10.6 Å². The van der Waals surface area contributed by atoms with Crippen molar-refractivity contribution in [2.45, 2.75) is 11.8 Å². The summed E-state index contributed by atoms with van der Waals surface area (Å²) in [5.41, 5.74) is 1.11. The highest BCUT2D eigenvalue weighted by Gasteiger charge is 2.17. The van der Waals surface area contributed by atoms with Gasteiger partial charge in [-0.05, 0) is 42.5 Å². The fraction of sp³-hybridized carbons (Fsp3) is 0.0588. The topological polar surface area (TPSA) is 88.2 Å². The van der Waals surface area contributed by atoms with Gasteiger partial charge < -0.3 is 5.32 Å². The molecule has 0 aliphatic carbocycles. The fourth-order valence-corrected chi connectivity index (χ4v) is 4.18. The van der Waals surface area contributed by atoms with Crippen molar-refractivity contribution in [3.05, 3.63) is 59.5 Å². The lowest BCUT2D eigenvalue weighted by atomic mass is 10.2. The summed E-state index contributed by atoms with van der Waals surface area (Å²) in [5, 5.41) is 4.16. The fourth-order valence-electron chi connectivity index (χ4n) is 2.20. The molecule has 10 heteroatoms. The lowest BCUT2D eigenvalue weighted by Crippen LogP contribution is -2.13. The molecule has 1 amide bonds. The summed E-state index contributed by atoms with van der Waals surface area (Å²) < 4.78 is 53.6. The highest BCUT2D eigenvalue weighted by molar-refractivity contribution is 7.93. The zero-order chi connectivity index (χ0) is 19.6. The Balaban J connectivity index is 1.79. The Morgan fingerprint density at radius 2 is 1.78 bits per heavy atom. The second-order valence-electron chi connectivity index (χ2n) is 5.48. The molecule has 27 heavy (non-hydrogen) atoms. The quantitative estimate of drug-likeness (QED) is 0.670. The Labute approximate surface area is 157 Å². The maximum absolute atomic E-state index is 13.3. The molecule has 2 aromatic carbocycles. The van der Waals surface area contributed by atoms with Gasteiger partial charge in [0.2, 0.25) is 5.91 Å². The second-order valence-corrected chi connectivity index (χ2v) is 8.02. The molecule has 6 nitrogen and oxygen atoms in total. The summed E-state index contributed by atoms with van der Waals surface area (Å²) in [5.74, 6) is -2.25. The lowest BCUT2D eigenvalue weighted by Gasteiger charge is -2.07. The van der Waals surface area contributed by atoms with E-state index in [-0.39, 0.29) is 15.9 Å². The third-order valence-corrected chi connectivity index (χ3v) is 5.67. The number of amides is 1. The summed E-state index contributed by atoms with van der Waals surface area (Å²) in [6, 6.07) is 8.93. The average Bonchev–Trinajstić information content (AvgIpc) is 3.05. The van der Waals surface area contributed by atoms with E-state index in [2.05, 4.69) is 15.0 Å². The van der Waals surface area contributed by atoms with Crippen LogP contribution in [0.1, 0.15) is 6.92 Å². The first-order valence-electron chi connectivity index (χ1n) is 7.56. The van der Waals surface area contributed by atoms with Gasteiger partial charge in [-0.2, -0.15) is 0 Å². The first-order chi connectivity index (χ1) is 12.7. The molecule has 0 spiro atoms. The van der Waals surface area contributed by atoms with Crippen LogP contribution < -0.4 is 10.0 Å². The van der Waals surface area contributed by atoms with Gasteiger partial charge in [-0.1, -0.05) is 0 Å². The van der Waals surface area contributed by atoms with Gasteiger partial charge in [0, 0.05) is 23.6 Å². The number of rotatable bonds is 5. The number of nitrogens with one attached hydrogen (secondary N) is 2. The Kier molecular flexibility index (Phi) is 5.19. The molecule has 3 aromatic rings. The number of nitrogens with zero attached hydrogens (tertiary/aromatic N) is 1. The predicted molar refractivity (Wildman–Crippen MR) is 99.0 cm³/mol. The minimum absolute atomic E-state index is 0.0128. The van der Waals surface area contributed by atoms with Crippen LogP contribution in [0.25, 0.3) is 11.3 Å². The van der Waals surface area contributed by atoms with Crippen molar-refractivity contribution >= 4 is 38.1 Å². The molecule has 1 heterocycles. The van der Waals surface area contributed by atoms with Crippen LogP contribution in [-0.2, 0) is 14.8 Å². The molecule has 3 rings (SSSR count). The zero-order valence-corrected chi connectivity index (χ0v) is 15.5. The van der Waals surface area contributed by atoms with Gasteiger partial charge in [-0.15, -0.1) is 11.3 Å². The highest BCUT2D eigenvalue weighted by Crippen LogP contribution is 2.27. The van der Waals surface area contributed by atoms with Crippen molar-refractivity contribution in [1.82, 2.24) is 4.98 Å². The van der Waals surface area contributed by atoms with E-state index >= 15 is 0 Å². The summed E-state index contributed by atoms with van der Waals surface area (Å²) >= 11 is 1.01. The van der Waals surface area contributed by atoms with E-state index < -0.39 is 21.7 Å². The summed E-state index contributed by atoms with van der Waals surface area (Å²) in [7, 11) is -3.89. The number of carbonyl (C=O) groups excluding carboxylic acids is 1. The standard InChI is InChI=1S/C17H13F2N3O3S2/c1-10(23)20-12-3-5-13(6-4-12)27(24,25)22-17-21-16(9-26-17)11-2-7-14(18)15(19)8-11/h2-9H,1H3,(H,20,23)(H,21,22). The maximum Gasteiger partial charge on any atom is 0.263 e. The van der Waals surface area contributed by atoms with Crippen LogP contribution in [0.5, 0.6) is 0 Å². The van der Waals surface area contributed by atoms with E-state index in [1.54, 1.807) is 0 Å². The molecule has 0 radical (unpaired) electrons. The molecule has 0 aliphatic heterocycles. The number of hydrogen-bond acceptors (Lipinski definition) is 5. The largest absolute Gasteiger partial charge is 0.326 e. The molecule has 0 aliphatic rings. The maximum atomic E-state index is 13.3. The molecule has 0 unspecified atom stereocenters. The highest BCUT2D eigenvalue weighted by atomic mass is 32.2. The smallest absolute Gasteiger partial charge is 0.263 e. The molecule has 1 aromatic heterocycles. The van der Waals surface area contributed by atoms with E-state index in [1.165, 1.54) is 42.6 Å². The van der Waals surface area contributed by atoms with Crippen LogP contribution in [0.4, 0.5) is 19.6 Å². The number of aromatic nitrogens is 1. The molecular weight excluding hydrogens is 396 g/mol. The van der Waals surface area contributed by atoms with Crippen LogP contribution in [0.3, 0.4) is 0 Å². The van der Waals surface area contributed by atoms with Gasteiger partial charge in [0.1, 0.15) is 0 Å². The van der Waals surface area contributed by atoms with Crippen molar-refractivity contribution in [3.8, 4) is 11.3 Å². The third kappa shape index (κ3) is 4.47. The van der Waals surface area contributed by atoms with Crippen molar-refractivity contribution in [1.29, 1.82) is 0 Å². The number of thiazole rings is 1. The Hall–Kier alpha value is -2.85. The zero-order valence-electron chi connectivity index (χ0n) is 13.9. The van der Waals surface area contributed by atoms with Crippen LogP contribution in [0.2, 0.25) is 0 Å². The van der Waals surface area contributed by atoms with Crippen LogP contribution in [0, 0.1) is 11.6 Å². The summed E-state index contributed by atoms with van der Waals surface area (Å²) in [6.07, 6.45) is 0. The average molecular weight is 409 g/mol. The monoisotopic (exact) mass is 409 g/mol. The molecule has 0 atom stereocenters. The molecular formula is C17H13F2N3O3S2. The molecule has 2 N–H and O–H groups in total. The molecule has 0 saturated carbocycles. The first kappa shape index (κ1) is 18.9. The minimum atomic E-state index is -3.89. The molecule has 0 fully saturated rings. The number of halogens is 2. The van der Waals surface area contributed by atoms with Crippen molar-refractivity contribution in [3.63, 3.8) is 0 Å². The normalized spacial score (nSPS) is 11.2. The van der Waals surface area contributed by atoms with Gasteiger partial charge in [-0.25, -0.2) is 22.2 Å². The Morgan fingerprint density at radius 3 is 2.41 bits per heavy atom. The minimum Gasteiger partial charge on any atom is -0.326 e. The van der Waals surface area contributed by atoms with Gasteiger partial charge in [0.25, 0.3) is 10.0 Å². The van der Waals surface area contributed by atoms with Crippen molar-refractivity contribution < 1.29 is 22.0 Å². The van der Waals surface area contributed by atoms with E-state index in [0.717, 1.165) is 23.5 Å². The van der Waals surface area contributed by atoms with E-state index in [1.807, 2.05) is 0 Å². The van der Waals surface area contributed by atoms with Crippen LogP contribution >= 0.6 is 11.3 Å². The SMILES string of the molecule is CC(=O)Nc1ccc(S(=O)(=O)Nc2nc(-c3ccc(F)c(F)c3)cs2)cc1. The van der Waals surface area contributed by atoms with E-state index in [0.29, 0.717) is 16.9 Å². The summed E-state index contributed by atoms with van der Waals surface area (Å²) in [4.78, 5) is 15.1. The van der Waals surface area contributed by atoms with E-state index in [4.69, 9.17) is 0 Å². The first-order valence-corrected chi connectivity index (χ1v) is 9.92. The van der Waals surface area contributed by atoms with Crippen LogP contribution in [-0.4, -0.2) is 19.3 Å². The Morgan fingerprint density at radius 1 is 1.07 bits per heavy atom. The summed E-state index contributed by atoms with van der Waals surface area (Å²) in [6.45, 7) is 1.35. The number of hydrogen-bond donors (Lipinski definition) is 2. The number of anilines is 2. The molecule has 140 valence electrons. The predicted octanol–water partition coefficient (Wildman–Crippen LogP) is 3.85. The third-order valence-electron chi connectivity index (χ3n) is 3.43. The lowest BCUT2D eigenvalue weighted by molar-refractivity contribution is -0.114. The molecule has 0 saturated heterocycles. The Bertz CT molecular complexity index is 1100. The van der Waals surface area contributed by atoms with Crippen LogP contribution in [0.15, 0.2) is 52.7 Å². The number of sulfonamides is 1. The van der Waals surface area contributed by atoms with Gasteiger partial charge in [0.15, 0.2) is 16.8 Å². The van der Waals surface area contributed by atoms with E-state index in [9.17, 15) is 22.0 Å². The number of benzene rings is 2. The van der Waals surface area contributed by atoms with Gasteiger partial charge in [-0.3, -0.25) is 9.52 Å². The second kappa shape index (κ2) is 7.41. The van der Waals surface area contributed by atoms with Crippen molar-refractivity contribution in [2.75, 3.05) is 10.0 Å². The molecule has 0 bridgehead atoms. The van der Waals surface area contributed by atoms with Crippen molar-refractivity contribution in [2.24, 2.45) is 0 Å².